The molecule has 2 rings (SSSR count). The van der Waals surface area contributed by atoms with E-state index in [1.54, 1.807) is 0 Å². The predicted octanol–water partition coefficient (Wildman–Crippen LogP) is -0.353. The number of rotatable bonds is 2. The van der Waals surface area contributed by atoms with Crippen LogP contribution in [0, 0.1) is 0 Å². The Morgan fingerprint density at radius 1 is 1.64 bits per heavy atom. The summed E-state index contributed by atoms with van der Waals surface area (Å²) in [4.78, 5) is 17.9. The molecule has 1 atom stereocenters. The summed E-state index contributed by atoms with van der Waals surface area (Å²) in [6, 6.07) is 1.73. The number of nitrogens with two attached hydrogens (primary N) is 1. The Labute approximate surface area is 81.7 Å². The molecular weight excluding hydrogens is 180 g/mol. The maximum absolute atomic E-state index is 11.1. The van der Waals surface area contributed by atoms with Crippen LogP contribution in [0.5, 0.6) is 0 Å². The van der Waals surface area contributed by atoms with Crippen LogP contribution in [0.4, 0.5) is 5.82 Å². The Balaban J connectivity index is 2.11. The van der Waals surface area contributed by atoms with Gasteiger partial charge in [0.2, 0.25) is 0 Å². The molecule has 4 N–H and O–H groups in total. The summed E-state index contributed by atoms with van der Waals surface area (Å²) < 4.78 is 0. The van der Waals surface area contributed by atoms with Crippen molar-refractivity contribution in [3.63, 3.8) is 0 Å². The minimum absolute atomic E-state index is 0.175. The highest BCUT2D eigenvalue weighted by Crippen LogP contribution is 2.08. The van der Waals surface area contributed by atoms with Gasteiger partial charge in [0.05, 0.1) is 0 Å². The van der Waals surface area contributed by atoms with Gasteiger partial charge in [-0.05, 0) is 19.4 Å². The number of aromatic amines is 1. The van der Waals surface area contributed by atoms with E-state index in [-0.39, 0.29) is 5.56 Å². The van der Waals surface area contributed by atoms with Crippen molar-refractivity contribution in [3.8, 4) is 0 Å². The summed E-state index contributed by atoms with van der Waals surface area (Å²) in [6.07, 6.45) is 3.08. The standard InChI is InChI=1S/C9H14N4O/c10-7-5-9(14)13-8(12-7)4-6-2-1-3-11-6/h5-6,11H,1-4H2,(H3,10,12,13,14). The molecule has 0 amide bonds. The normalized spacial score (nSPS) is 21.3. The van der Waals surface area contributed by atoms with Gasteiger partial charge in [-0.1, -0.05) is 0 Å². The van der Waals surface area contributed by atoms with E-state index in [0.29, 0.717) is 17.7 Å². The van der Waals surface area contributed by atoms with Gasteiger partial charge in [0.15, 0.2) is 0 Å². The Morgan fingerprint density at radius 3 is 3.14 bits per heavy atom. The minimum atomic E-state index is -0.175. The van der Waals surface area contributed by atoms with Crippen molar-refractivity contribution in [2.24, 2.45) is 0 Å². The fourth-order valence-electron chi connectivity index (χ4n) is 1.79. The molecule has 1 aromatic rings. The molecule has 0 spiro atoms. The first kappa shape index (κ1) is 9.21. The highest BCUT2D eigenvalue weighted by Gasteiger charge is 2.15. The number of nitrogen functional groups attached to an aromatic ring is 1. The van der Waals surface area contributed by atoms with E-state index in [1.807, 2.05) is 0 Å². The first-order chi connectivity index (χ1) is 6.74. The molecule has 76 valence electrons. The SMILES string of the molecule is Nc1cc(=O)[nH]c(CC2CCCN2)n1. The second-order valence-electron chi connectivity index (χ2n) is 3.61. The summed E-state index contributed by atoms with van der Waals surface area (Å²) in [5, 5.41) is 3.34. The quantitative estimate of drug-likeness (QED) is 0.600. The summed E-state index contributed by atoms with van der Waals surface area (Å²) in [7, 11) is 0. The van der Waals surface area contributed by atoms with Gasteiger partial charge >= 0.3 is 0 Å². The number of hydrogen-bond donors (Lipinski definition) is 3. The van der Waals surface area contributed by atoms with Crippen molar-refractivity contribution in [3.05, 3.63) is 22.2 Å². The molecule has 1 aliphatic rings. The van der Waals surface area contributed by atoms with Crippen molar-refractivity contribution >= 4 is 5.82 Å². The first-order valence-corrected chi connectivity index (χ1v) is 4.83. The van der Waals surface area contributed by atoms with Crippen LogP contribution < -0.4 is 16.6 Å². The van der Waals surface area contributed by atoms with E-state index in [2.05, 4.69) is 15.3 Å². The Bertz CT molecular complexity index is 367. The number of H-pyrrole nitrogens is 1. The molecule has 5 heteroatoms. The Morgan fingerprint density at radius 2 is 2.50 bits per heavy atom. The largest absolute Gasteiger partial charge is 0.383 e. The molecule has 1 aromatic heterocycles. The summed E-state index contributed by atoms with van der Waals surface area (Å²) in [5.41, 5.74) is 5.31. The van der Waals surface area contributed by atoms with Crippen molar-refractivity contribution in [2.75, 3.05) is 12.3 Å². The zero-order chi connectivity index (χ0) is 9.97. The molecule has 5 nitrogen and oxygen atoms in total. The highest BCUT2D eigenvalue weighted by atomic mass is 16.1. The lowest BCUT2D eigenvalue weighted by atomic mass is 10.1. The molecular formula is C9H14N4O. The molecule has 0 saturated carbocycles. The monoisotopic (exact) mass is 194 g/mol. The van der Waals surface area contributed by atoms with Crippen molar-refractivity contribution < 1.29 is 0 Å². The molecule has 1 aliphatic heterocycles. The van der Waals surface area contributed by atoms with Crippen molar-refractivity contribution in [2.45, 2.75) is 25.3 Å². The number of aromatic nitrogens is 2. The lowest BCUT2D eigenvalue weighted by Crippen LogP contribution is -2.26. The molecule has 1 fully saturated rings. The molecule has 0 aromatic carbocycles. The highest BCUT2D eigenvalue weighted by molar-refractivity contribution is 5.25. The van der Waals surface area contributed by atoms with E-state index in [4.69, 9.17) is 5.73 Å². The number of hydrogen-bond acceptors (Lipinski definition) is 4. The molecule has 1 saturated heterocycles. The van der Waals surface area contributed by atoms with Gasteiger partial charge < -0.3 is 16.0 Å². The molecule has 0 radical (unpaired) electrons. The number of anilines is 1. The fourth-order valence-corrected chi connectivity index (χ4v) is 1.79. The van der Waals surface area contributed by atoms with E-state index in [0.717, 1.165) is 19.4 Å². The van der Waals surface area contributed by atoms with E-state index in [1.165, 1.54) is 12.5 Å². The molecule has 1 unspecified atom stereocenters. The van der Waals surface area contributed by atoms with Gasteiger partial charge in [0.1, 0.15) is 11.6 Å². The van der Waals surface area contributed by atoms with Gasteiger partial charge in [-0.3, -0.25) is 4.79 Å². The first-order valence-electron chi connectivity index (χ1n) is 4.83. The number of nitrogens with zero attached hydrogens (tertiary/aromatic N) is 1. The number of nitrogens with one attached hydrogen (secondary N) is 2. The van der Waals surface area contributed by atoms with Crippen LogP contribution in [0.25, 0.3) is 0 Å². The predicted molar refractivity (Wildman–Crippen MR) is 54.0 cm³/mol. The lowest BCUT2D eigenvalue weighted by molar-refractivity contribution is 0.584. The van der Waals surface area contributed by atoms with Gasteiger partial charge in [0, 0.05) is 18.5 Å². The van der Waals surface area contributed by atoms with Gasteiger partial charge in [-0.25, -0.2) is 4.98 Å². The van der Waals surface area contributed by atoms with Crippen LogP contribution in [0.3, 0.4) is 0 Å². The van der Waals surface area contributed by atoms with E-state index in [9.17, 15) is 4.79 Å². The van der Waals surface area contributed by atoms with E-state index >= 15 is 0 Å². The summed E-state index contributed by atoms with van der Waals surface area (Å²) in [5.74, 6) is 0.969. The Hall–Kier alpha value is -1.36. The third-order valence-corrected chi connectivity index (χ3v) is 2.41. The van der Waals surface area contributed by atoms with E-state index < -0.39 is 0 Å². The zero-order valence-electron chi connectivity index (χ0n) is 7.92. The van der Waals surface area contributed by atoms with Crippen LogP contribution in [0.15, 0.2) is 10.9 Å². The van der Waals surface area contributed by atoms with Crippen LogP contribution in [-0.4, -0.2) is 22.6 Å². The third-order valence-electron chi connectivity index (χ3n) is 2.41. The molecule has 0 bridgehead atoms. The third kappa shape index (κ3) is 2.11. The summed E-state index contributed by atoms with van der Waals surface area (Å²) >= 11 is 0. The second kappa shape index (κ2) is 3.79. The van der Waals surface area contributed by atoms with Crippen LogP contribution >= 0.6 is 0 Å². The molecule has 0 aliphatic carbocycles. The lowest BCUT2D eigenvalue weighted by Gasteiger charge is -2.08. The minimum Gasteiger partial charge on any atom is -0.383 e. The second-order valence-corrected chi connectivity index (χ2v) is 3.61. The Kier molecular flexibility index (Phi) is 2.49. The maximum atomic E-state index is 11.1. The van der Waals surface area contributed by atoms with Gasteiger partial charge in [-0.15, -0.1) is 0 Å². The van der Waals surface area contributed by atoms with Crippen molar-refractivity contribution in [1.82, 2.24) is 15.3 Å². The zero-order valence-corrected chi connectivity index (χ0v) is 7.92. The summed E-state index contributed by atoms with van der Waals surface area (Å²) in [6.45, 7) is 1.05. The molecule has 14 heavy (non-hydrogen) atoms. The van der Waals surface area contributed by atoms with Crippen LogP contribution in [-0.2, 0) is 6.42 Å². The van der Waals surface area contributed by atoms with Crippen molar-refractivity contribution in [1.29, 1.82) is 0 Å². The maximum Gasteiger partial charge on any atom is 0.252 e. The van der Waals surface area contributed by atoms with Crippen LogP contribution in [0.1, 0.15) is 18.7 Å². The molecule has 2 heterocycles. The average Bonchev–Trinajstić information content (AvgIpc) is 2.54. The topological polar surface area (TPSA) is 83.8 Å². The smallest absolute Gasteiger partial charge is 0.252 e. The van der Waals surface area contributed by atoms with Gasteiger partial charge in [-0.2, -0.15) is 0 Å². The van der Waals surface area contributed by atoms with Crippen LogP contribution in [0.2, 0.25) is 0 Å². The van der Waals surface area contributed by atoms with Gasteiger partial charge in [0.25, 0.3) is 5.56 Å². The fraction of sp³-hybridized carbons (Fsp3) is 0.556. The average molecular weight is 194 g/mol.